The molecule has 0 saturated heterocycles. The molecule has 0 spiro atoms. The SMILES string of the molecule is CCC(CC)c1cc(C(CC)CC)[c]([Sn+2][c]2c(C([Si](C)(C)C)[Si](C)(C)C)cc(C([Si](C)(C)C)[Si](C)(C)C)cc2C([Si](C)(C)C)[Si](C)(C)C)c(C(CC)CC)c1. The molecule has 312 valence electrons. The summed E-state index contributed by atoms with van der Waals surface area (Å²) in [4.78, 5) is 0. The predicted molar refractivity (Wildman–Crippen MR) is 276 cm³/mol. The van der Waals surface area contributed by atoms with Gasteiger partial charge in [0.25, 0.3) is 0 Å². The summed E-state index contributed by atoms with van der Waals surface area (Å²) >= 11 is -1.28. The molecule has 0 bridgehead atoms. The van der Waals surface area contributed by atoms with Gasteiger partial charge in [0.15, 0.2) is 0 Å². The van der Waals surface area contributed by atoms with E-state index in [0.29, 0.717) is 17.8 Å². The topological polar surface area (TPSA) is 0 Å². The van der Waals surface area contributed by atoms with Gasteiger partial charge in [-0.2, -0.15) is 0 Å². The second-order valence-electron chi connectivity index (χ2n) is 24.3. The summed E-state index contributed by atoms with van der Waals surface area (Å²) in [5, 5.41) is 2.29. The summed E-state index contributed by atoms with van der Waals surface area (Å²) in [5.41, 5.74) is 10.9. The van der Waals surface area contributed by atoms with Gasteiger partial charge in [-0.3, -0.25) is 0 Å². The van der Waals surface area contributed by atoms with E-state index in [1.165, 1.54) is 38.5 Å². The molecule has 0 atom stereocenters. The fourth-order valence-electron chi connectivity index (χ4n) is 12.3. The first-order valence-electron chi connectivity index (χ1n) is 23.0. The second kappa shape index (κ2) is 19.5. The van der Waals surface area contributed by atoms with Crippen LogP contribution in [-0.4, -0.2) is 69.6 Å². The molecule has 2 aromatic carbocycles. The zero-order valence-corrected chi connectivity index (χ0v) is 50.4. The van der Waals surface area contributed by atoms with E-state index >= 15 is 0 Å². The van der Waals surface area contributed by atoms with Crippen LogP contribution in [0.2, 0.25) is 118 Å². The zero-order chi connectivity index (χ0) is 42.9. The van der Waals surface area contributed by atoms with Crippen molar-refractivity contribution < 1.29 is 0 Å². The Hall–Kier alpha value is 0.540. The third-order valence-corrected chi connectivity index (χ3v) is 45.8. The van der Waals surface area contributed by atoms with Crippen LogP contribution in [0.4, 0.5) is 0 Å². The van der Waals surface area contributed by atoms with Crippen LogP contribution in [0.3, 0.4) is 0 Å². The van der Waals surface area contributed by atoms with Gasteiger partial charge in [0.05, 0.1) is 0 Å². The standard InChI is InChI=1S/C27H59Si6.C21H35.Sn/c1-28(2,3)25(29(4,5)6)22-19-23(26(30(7,8)9)31(10,11)12)21-24(20-22)27(32(13,14)15)33(16,17)18;1-7-16(8-2)19-13-20(17(9-3)10-4)15-21(14-19)18(11-5)12-6;/h19-20,25-27H,1-18H3;13-14,16-18H,7-12H2,1-6H3;/q;;+2. The fourth-order valence-corrected chi connectivity index (χ4v) is 57.3. The van der Waals surface area contributed by atoms with Gasteiger partial charge < -0.3 is 0 Å². The Labute approximate surface area is 362 Å². The van der Waals surface area contributed by atoms with Crippen LogP contribution in [0.15, 0.2) is 24.3 Å². The summed E-state index contributed by atoms with van der Waals surface area (Å²) in [6, 6.07) is 11.6. The van der Waals surface area contributed by atoms with E-state index in [2.05, 4.69) is 184 Å². The molecule has 0 aliphatic carbocycles. The Morgan fingerprint density at radius 1 is 0.327 bits per heavy atom. The summed E-state index contributed by atoms with van der Waals surface area (Å²) in [5.74, 6) is 1.97. The zero-order valence-electron chi connectivity index (χ0n) is 41.5. The van der Waals surface area contributed by atoms with Crippen LogP contribution in [0.25, 0.3) is 0 Å². The van der Waals surface area contributed by atoms with E-state index in [-0.39, 0.29) is 0 Å². The van der Waals surface area contributed by atoms with Crippen LogP contribution < -0.4 is 7.16 Å². The molecule has 0 amide bonds. The van der Waals surface area contributed by atoms with E-state index < -0.39 is 69.6 Å². The van der Waals surface area contributed by atoms with Gasteiger partial charge in [-0.05, 0) is 0 Å². The maximum absolute atomic E-state index is 2.99. The minimum absolute atomic E-state index is 0.655. The molecular formula is C48H94Si6Sn+2. The first kappa shape index (κ1) is 51.7. The molecule has 0 saturated carbocycles. The molecule has 0 N–H and O–H groups in total. The van der Waals surface area contributed by atoms with Gasteiger partial charge in [-0.15, -0.1) is 0 Å². The van der Waals surface area contributed by atoms with E-state index in [9.17, 15) is 0 Å². The first-order chi connectivity index (χ1) is 24.8. The number of hydrogen-bond donors (Lipinski definition) is 0. The molecule has 55 heavy (non-hydrogen) atoms. The molecule has 0 heterocycles. The maximum atomic E-state index is 2.99. The molecule has 0 radical (unpaired) electrons. The van der Waals surface area contributed by atoms with Crippen LogP contribution in [0.5, 0.6) is 0 Å². The van der Waals surface area contributed by atoms with Gasteiger partial charge in [-0.25, -0.2) is 0 Å². The molecular weight excluding hydrogens is 864 g/mol. The Bertz CT molecular complexity index is 1400. The molecule has 0 aromatic heterocycles. The Morgan fingerprint density at radius 2 is 0.564 bits per heavy atom. The van der Waals surface area contributed by atoms with E-state index in [4.69, 9.17) is 0 Å². The van der Waals surface area contributed by atoms with Crippen LogP contribution in [0, 0.1) is 0 Å². The predicted octanol–water partition coefficient (Wildman–Crippen LogP) is 15.6. The van der Waals surface area contributed by atoms with Crippen LogP contribution in [-0.2, 0) is 0 Å². The monoisotopic (exact) mass is 958 g/mol. The fraction of sp³-hybridized carbons (Fsp3) is 0.750. The van der Waals surface area contributed by atoms with Crippen molar-refractivity contribution in [3.05, 3.63) is 57.6 Å². The van der Waals surface area contributed by atoms with Crippen molar-refractivity contribution in [2.75, 3.05) is 0 Å². The van der Waals surface area contributed by atoms with Gasteiger partial charge in [0, 0.05) is 0 Å². The summed E-state index contributed by atoms with van der Waals surface area (Å²) in [6.07, 6.45) is 7.50. The van der Waals surface area contributed by atoms with E-state index in [1.54, 1.807) is 22.3 Å². The molecule has 2 rings (SSSR count). The first-order valence-corrected chi connectivity index (χ1v) is 47.3. The van der Waals surface area contributed by atoms with Crippen LogP contribution in [0.1, 0.15) is 147 Å². The van der Waals surface area contributed by atoms with Gasteiger partial charge in [-0.1, -0.05) is 0 Å². The summed E-state index contributed by atoms with van der Waals surface area (Å²) in [6.45, 7) is 64.0. The molecule has 0 fully saturated rings. The molecule has 0 aliphatic heterocycles. The van der Waals surface area contributed by atoms with Crippen molar-refractivity contribution in [3.63, 3.8) is 0 Å². The average molecular weight is 959 g/mol. The average Bonchev–Trinajstić information content (AvgIpc) is 2.97. The van der Waals surface area contributed by atoms with Crippen molar-refractivity contribution in [1.29, 1.82) is 0 Å². The van der Waals surface area contributed by atoms with Crippen molar-refractivity contribution in [2.45, 2.75) is 231 Å². The van der Waals surface area contributed by atoms with Crippen molar-refractivity contribution in [3.8, 4) is 0 Å². The van der Waals surface area contributed by atoms with E-state index in [1.807, 2.05) is 18.3 Å². The molecule has 0 nitrogen and oxygen atoms in total. The number of benzene rings is 2. The van der Waals surface area contributed by atoms with Gasteiger partial charge >= 0.3 is 366 Å². The van der Waals surface area contributed by atoms with Gasteiger partial charge in [0.1, 0.15) is 0 Å². The third kappa shape index (κ3) is 12.8. The molecule has 0 aliphatic rings. The number of hydrogen-bond acceptors (Lipinski definition) is 0. The van der Waals surface area contributed by atoms with Crippen LogP contribution >= 0.6 is 0 Å². The molecule has 7 heteroatoms. The second-order valence-corrected chi connectivity index (χ2v) is 61.5. The summed E-state index contributed by atoms with van der Waals surface area (Å²) < 4.78 is 3.90. The van der Waals surface area contributed by atoms with E-state index in [0.717, 1.165) is 15.5 Å². The van der Waals surface area contributed by atoms with Gasteiger partial charge in [0.2, 0.25) is 0 Å². The molecule has 0 unspecified atom stereocenters. The minimum atomic E-state index is -1.61. The number of rotatable bonds is 20. The summed E-state index contributed by atoms with van der Waals surface area (Å²) in [7, 11) is -9.48. The normalized spacial score (nSPS) is 14.1. The third-order valence-electron chi connectivity index (χ3n) is 13.2. The Morgan fingerprint density at radius 3 is 0.800 bits per heavy atom. The van der Waals surface area contributed by atoms with Crippen molar-refractivity contribution >= 4 is 76.7 Å². The Kier molecular flexibility index (Phi) is 18.3. The quantitative estimate of drug-likeness (QED) is 0.116. The van der Waals surface area contributed by atoms with Crippen molar-refractivity contribution in [1.82, 2.24) is 0 Å². The Balaban J connectivity index is 3.59. The van der Waals surface area contributed by atoms with Crippen molar-refractivity contribution in [2.24, 2.45) is 0 Å². The molecule has 2 aromatic rings.